The van der Waals surface area contributed by atoms with Crippen molar-refractivity contribution in [2.45, 2.75) is 199 Å². The van der Waals surface area contributed by atoms with Crippen molar-refractivity contribution in [3.8, 4) is 0 Å². The first-order valence-corrected chi connectivity index (χ1v) is 25.7. The van der Waals surface area contributed by atoms with E-state index in [0.717, 1.165) is 32.1 Å². The molecule has 2 aliphatic heterocycles. The summed E-state index contributed by atoms with van der Waals surface area (Å²) in [6.07, 6.45) is 7.54. The van der Waals surface area contributed by atoms with Crippen LogP contribution < -0.4 is 42.5 Å². The zero-order valence-electron chi connectivity index (χ0n) is 40.3. The molecule has 4 unspecified atom stereocenters. The van der Waals surface area contributed by atoms with E-state index in [1.54, 1.807) is 0 Å². The summed E-state index contributed by atoms with van der Waals surface area (Å²) in [5.74, 6) is -2.48. The largest absolute Gasteiger partial charge is 0.356 e. The quantitative estimate of drug-likeness (QED) is 0.0904. The van der Waals surface area contributed by atoms with Crippen molar-refractivity contribution in [1.82, 2.24) is 42.5 Å². The maximum Gasteiger partial charge on any atom is 0.244 e. The van der Waals surface area contributed by atoms with Gasteiger partial charge in [-0.3, -0.25) is 33.6 Å². The monoisotopic (exact) mass is 923 g/mol. The molecule has 15 nitrogen and oxygen atoms in total. The lowest BCUT2D eigenvalue weighted by atomic mass is 9.59. The predicted molar refractivity (Wildman–Crippen MR) is 253 cm³/mol. The Balaban J connectivity index is 2.13. The first-order valence-electron chi connectivity index (χ1n) is 23.5. The van der Waals surface area contributed by atoms with Gasteiger partial charge in [0.05, 0.1) is 0 Å². The molecule has 3 aliphatic rings. The molecular weight excluding hydrogens is 841 g/mol. The predicted octanol–water partition coefficient (Wildman–Crippen LogP) is 4.48. The van der Waals surface area contributed by atoms with Crippen LogP contribution in [0.4, 0.5) is 0 Å². The Bertz CT molecular complexity index is 1590. The van der Waals surface area contributed by atoms with Crippen LogP contribution in [-0.4, -0.2) is 107 Å². The fraction of sp³-hybridized carbons (Fsp3) is 0.848. The third-order valence-electron chi connectivity index (χ3n) is 12.8. The van der Waals surface area contributed by atoms with E-state index in [0.29, 0.717) is 50.7 Å². The molecule has 8 N–H and O–H groups in total. The molecule has 0 radical (unpaired) electrons. The molecule has 0 aromatic carbocycles. The highest BCUT2D eigenvalue weighted by Gasteiger charge is 2.53. The van der Waals surface area contributed by atoms with Gasteiger partial charge in [-0.05, 0) is 121 Å². The summed E-state index contributed by atoms with van der Waals surface area (Å²) in [6, 6.07) is -4.75. The number of carbonyl (C=O) groups excluding carboxylic acids is 7. The Morgan fingerprint density at radius 2 is 1.33 bits per heavy atom. The second kappa shape index (κ2) is 24.5. The van der Waals surface area contributed by atoms with Crippen LogP contribution in [0, 0.1) is 29.1 Å². The number of carbonyl (C=O) groups is 7. The van der Waals surface area contributed by atoms with Gasteiger partial charge in [0.15, 0.2) is 0 Å². The number of nitrogens with one attached hydrogen (secondary N) is 8. The molecule has 3 fully saturated rings. The van der Waals surface area contributed by atoms with Crippen LogP contribution in [0.5, 0.6) is 0 Å². The molecule has 7 amide bonds. The van der Waals surface area contributed by atoms with Crippen LogP contribution in [0.3, 0.4) is 0 Å². The minimum absolute atomic E-state index is 0.00893. The molecule has 1 saturated carbocycles. The highest BCUT2D eigenvalue weighted by molar-refractivity contribution is 8.77. The zero-order chi connectivity index (χ0) is 47.3. The summed E-state index contributed by atoms with van der Waals surface area (Å²) in [5, 5.41) is 24.5. The Kier molecular flexibility index (Phi) is 21.1. The molecule has 9 atom stereocenters. The molecule has 0 aromatic rings. The van der Waals surface area contributed by atoms with Crippen molar-refractivity contribution in [3.63, 3.8) is 0 Å². The smallest absolute Gasteiger partial charge is 0.244 e. The zero-order valence-corrected chi connectivity index (χ0v) is 42.0. The van der Waals surface area contributed by atoms with Crippen LogP contribution in [0.25, 0.3) is 0 Å². The Labute approximate surface area is 385 Å². The van der Waals surface area contributed by atoms with Crippen LogP contribution in [0.15, 0.2) is 0 Å². The summed E-state index contributed by atoms with van der Waals surface area (Å²) in [6.45, 7) is 24.0. The van der Waals surface area contributed by atoms with Gasteiger partial charge in [0.25, 0.3) is 0 Å². The summed E-state index contributed by atoms with van der Waals surface area (Å²) >= 11 is 0. The third-order valence-corrected chi connectivity index (χ3v) is 17.1. The normalized spacial score (nSPS) is 31.2. The summed E-state index contributed by atoms with van der Waals surface area (Å²) in [7, 11) is 2.85. The molecule has 0 aromatic heterocycles. The number of rotatable bonds is 14. The highest BCUT2D eigenvalue weighted by Crippen LogP contribution is 2.53. The number of hydrogen-bond acceptors (Lipinski definition) is 10. The molecule has 0 bridgehead atoms. The summed E-state index contributed by atoms with van der Waals surface area (Å²) in [4.78, 5) is 96.2. The van der Waals surface area contributed by atoms with Gasteiger partial charge >= 0.3 is 0 Å². The first-order chi connectivity index (χ1) is 29.4. The minimum atomic E-state index is -1.04. The van der Waals surface area contributed by atoms with Crippen molar-refractivity contribution >= 4 is 62.9 Å². The summed E-state index contributed by atoms with van der Waals surface area (Å²) < 4.78 is -1.46. The summed E-state index contributed by atoms with van der Waals surface area (Å²) in [5.41, 5.74) is -0.0557. The van der Waals surface area contributed by atoms with Gasteiger partial charge in [-0.2, -0.15) is 0 Å². The Hall–Kier alpha value is -3.05. The third kappa shape index (κ3) is 16.4. The molecule has 1 aliphatic carbocycles. The molecule has 3 rings (SSSR count). The van der Waals surface area contributed by atoms with Gasteiger partial charge in [-0.1, -0.05) is 76.0 Å². The van der Waals surface area contributed by atoms with Crippen LogP contribution >= 0.6 is 21.6 Å². The van der Waals surface area contributed by atoms with Crippen molar-refractivity contribution in [1.29, 1.82) is 0 Å². The molecule has 17 heteroatoms. The molecule has 0 spiro atoms. The average molecular weight is 923 g/mol. The molecule has 360 valence electrons. The first kappa shape index (κ1) is 54.3. The molecular formula is C46H82N8O7S2. The Morgan fingerprint density at radius 1 is 0.762 bits per heavy atom. The van der Waals surface area contributed by atoms with Crippen molar-refractivity contribution in [3.05, 3.63) is 0 Å². The second-order valence-electron chi connectivity index (χ2n) is 20.5. The van der Waals surface area contributed by atoms with E-state index < -0.39 is 69.2 Å². The van der Waals surface area contributed by atoms with Gasteiger partial charge in [-0.25, -0.2) is 0 Å². The number of unbranched alkanes of at least 4 members (excludes halogenated alkanes) is 1. The fourth-order valence-electron chi connectivity index (χ4n) is 9.72. The van der Waals surface area contributed by atoms with Crippen LogP contribution in [0.2, 0.25) is 0 Å². The van der Waals surface area contributed by atoms with E-state index in [9.17, 15) is 33.6 Å². The van der Waals surface area contributed by atoms with E-state index in [4.69, 9.17) is 0 Å². The lowest BCUT2D eigenvalue weighted by molar-refractivity contribution is -0.136. The minimum Gasteiger partial charge on any atom is -0.356 e. The van der Waals surface area contributed by atoms with Gasteiger partial charge in [-0.15, -0.1) is 0 Å². The van der Waals surface area contributed by atoms with Gasteiger partial charge in [0, 0.05) is 42.5 Å². The van der Waals surface area contributed by atoms with Gasteiger partial charge in [0.1, 0.15) is 30.2 Å². The highest BCUT2D eigenvalue weighted by atomic mass is 33.1. The number of fused-ring (bicyclic) bond motifs is 1. The van der Waals surface area contributed by atoms with Crippen LogP contribution in [-0.2, 0) is 33.6 Å². The SMILES string of the molecule is CCCC12CCCC(C)C1NCC2C[C@@H]1NC(=O)[C@H](CC(C)C)NC(=O)[C@H](CC(C)C)NC(=O)[C@@H](NC(C)=O)C(C)(C)SSC(C)(C)CNC(=O)[C@H](CCCCNC(C)=O)NC1=O. The van der Waals surface area contributed by atoms with Crippen molar-refractivity contribution < 1.29 is 33.6 Å². The fourth-order valence-corrected chi connectivity index (χ4v) is 12.3. The lowest BCUT2D eigenvalue weighted by Gasteiger charge is -2.47. The van der Waals surface area contributed by atoms with E-state index in [-0.39, 0.29) is 54.4 Å². The van der Waals surface area contributed by atoms with E-state index in [2.05, 4.69) is 56.4 Å². The van der Waals surface area contributed by atoms with Gasteiger partial charge < -0.3 is 42.5 Å². The van der Waals surface area contributed by atoms with E-state index >= 15 is 0 Å². The molecule has 2 heterocycles. The number of amides is 7. The van der Waals surface area contributed by atoms with Gasteiger partial charge in [0.2, 0.25) is 41.4 Å². The topological polar surface area (TPSA) is 216 Å². The number of hydrogen-bond donors (Lipinski definition) is 8. The maximum atomic E-state index is 14.8. The molecule has 2 saturated heterocycles. The molecule has 63 heavy (non-hydrogen) atoms. The van der Waals surface area contributed by atoms with Crippen molar-refractivity contribution in [2.24, 2.45) is 29.1 Å². The Morgan fingerprint density at radius 3 is 1.90 bits per heavy atom. The van der Waals surface area contributed by atoms with Crippen molar-refractivity contribution in [2.75, 3.05) is 19.6 Å². The standard InChI is InChI=1S/C46H82N8O7S2/c1-13-19-46-20-16-17-29(6)37(46)48-25-32(46)24-36-42(60)51-33(18-14-15-21-47-30(7)55)39(57)49-26-44(9,10)62-63-45(11,12)38(50-31(8)56)43(61)54-35(23-28(4)5)41(59)52-34(22-27(2)3)40(58)53-36/h27-29,32-38,48H,13-26H2,1-12H3,(H,47,55)(H,49,57)(H,50,56)(H,51,60)(H,52,59)(H,53,58)(H,54,61)/t29?,32?,33-,34-,35-,36-,37?,38+,46?/m0/s1. The maximum absolute atomic E-state index is 14.8. The van der Waals surface area contributed by atoms with E-state index in [1.807, 2.05) is 55.4 Å². The van der Waals surface area contributed by atoms with Crippen LogP contribution in [0.1, 0.15) is 154 Å². The lowest BCUT2D eigenvalue weighted by Crippen LogP contribution is -2.62. The average Bonchev–Trinajstić information content (AvgIpc) is 3.54. The second-order valence-corrected chi connectivity index (χ2v) is 24.0. The van der Waals surface area contributed by atoms with E-state index in [1.165, 1.54) is 35.4 Å².